The van der Waals surface area contributed by atoms with Gasteiger partial charge in [0, 0.05) is 17.9 Å². The molecule has 45 heavy (non-hydrogen) atoms. The lowest BCUT2D eigenvalue weighted by molar-refractivity contribution is -0.151. The highest BCUT2D eigenvalue weighted by atomic mass is 16.6. The first-order valence-electron chi connectivity index (χ1n) is 16.2. The number of aliphatic carboxylic acids is 1. The minimum Gasteiger partial charge on any atom is -0.497 e. The van der Waals surface area contributed by atoms with Gasteiger partial charge in [-0.25, -0.2) is 19.6 Å². The minimum atomic E-state index is -1.14. The van der Waals surface area contributed by atoms with Crippen molar-refractivity contribution < 1.29 is 33.7 Å². The van der Waals surface area contributed by atoms with Gasteiger partial charge in [-0.05, 0) is 56.1 Å². The molecule has 2 aromatic rings. The maximum absolute atomic E-state index is 14.2. The zero-order chi connectivity index (χ0) is 32.3. The predicted octanol–water partition coefficient (Wildman–Crippen LogP) is 5.30. The monoisotopic (exact) mass is 622 g/mol. The van der Waals surface area contributed by atoms with Crippen LogP contribution in [-0.2, 0) is 20.7 Å². The quantitative estimate of drug-likeness (QED) is 0.437. The number of nitrogens with one attached hydrogen (secondary N) is 1. The number of methoxy groups -OCH3 is 1. The molecule has 244 valence electrons. The zero-order valence-corrected chi connectivity index (χ0v) is 27.0. The van der Waals surface area contributed by atoms with Gasteiger partial charge in [-0.15, -0.1) is 0 Å². The molecule has 11 nitrogen and oxygen atoms in total. The summed E-state index contributed by atoms with van der Waals surface area (Å²) < 4.78 is 17.9. The molecule has 11 heteroatoms. The Kier molecular flexibility index (Phi) is 9.84. The average molecular weight is 623 g/mol. The fourth-order valence-electron chi connectivity index (χ4n) is 6.86. The van der Waals surface area contributed by atoms with Gasteiger partial charge in [0.1, 0.15) is 35.7 Å². The van der Waals surface area contributed by atoms with E-state index in [0.717, 1.165) is 37.6 Å². The van der Waals surface area contributed by atoms with Gasteiger partial charge in [0.2, 0.25) is 11.8 Å². The number of ether oxygens (including phenoxy) is 3. The van der Waals surface area contributed by atoms with Crippen LogP contribution in [0.2, 0.25) is 0 Å². The molecule has 0 saturated carbocycles. The molecular weight excluding hydrogens is 576 g/mol. The highest BCUT2D eigenvalue weighted by Gasteiger charge is 2.51. The molecule has 1 fully saturated rings. The number of carbonyl (C=O) groups is 3. The van der Waals surface area contributed by atoms with E-state index in [0.29, 0.717) is 42.1 Å². The Morgan fingerprint density at radius 3 is 2.60 bits per heavy atom. The van der Waals surface area contributed by atoms with Crippen LogP contribution in [-0.4, -0.2) is 75.9 Å². The maximum Gasteiger partial charge on any atom is 0.408 e. The molecule has 5 rings (SSSR count). The van der Waals surface area contributed by atoms with Crippen LogP contribution in [0.4, 0.5) is 4.79 Å². The van der Waals surface area contributed by atoms with E-state index in [4.69, 9.17) is 24.2 Å². The minimum absolute atomic E-state index is 0.0321. The van der Waals surface area contributed by atoms with Gasteiger partial charge in [0.25, 0.3) is 0 Å². The summed E-state index contributed by atoms with van der Waals surface area (Å²) in [4.78, 5) is 51.3. The molecule has 2 amide bonds. The third-order valence-corrected chi connectivity index (χ3v) is 9.34. The van der Waals surface area contributed by atoms with Crippen molar-refractivity contribution in [1.29, 1.82) is 0 Å². The van der Waals surface area contributed by atoms with E-state index in [1.165, 1.54) is 4.90 Å². The molecule has 1 aromatic heterocycles. The first kappa shape index (κ1) is 32.5. The van der Waals surface area contributed by atoms with Crippen molar-refractivity contribution in [2.75, 3.05) is 13.7 Å². The van der Waals surface area contributed by atoms with Crippen LogP contribution in [0.25, 0.3) is 11.0 Å². The first-order valence-corrected chi connectivity index (χ1v) is 16.2. The molecular formula is C34H46N4O7. The van der Waals surface area contributed by atoms with Crippen molar-refractivity contribution >= 4 is 29.0 Å². The molecule has 6 unspecified atom stereocenters. The number of alkyl carbamates (subject to hydrolysis) is 1. The number of benzene rings is 1. The highest BCUT2D eigenvalue weighted by molar-refractivity contribution is 5.90. The van der Waals surface area contributed by atoms with Gasteiger partial charge in [0.05, 0.1) is 24.7 Å². The van der Waals surface area contributed by atoms with Crippen molar-refractivity contribution in [1.82, 2.24) is 20.2 Å². The van der Waals surface area contributed by atoms with Crippen LogP contribution in [0.15, 0.2) is 30.4 Å². The standard InChI is InChI=1S/C34H46N4O7/c1-6-22-27-19-38(28(22)32(40)41)31(39)29(34(2,3)4)37-33(42)45-26-15-11-10-13-20(26)12-8-7-9-14-24-30(44-27)36-25-18-21(43-5)16-17-23(25)35-24/h10,13,16-18,20,22,26-29H,6-9,11-12,14-15,19H2,1-5H3,(H,37,42)(H,40,41). The molecule has 0 radical (unpaired) electrons. The predicted molar refractivity (Wildman–Crippen MR) is 168 cm³/mol. The molecule has 3 heterocycles. The second-order valence-corrected chi connectivity index (χ2v) is 13.5. The average Bonchev–Trinajstić information content (AvgIpc) is 3.37. The van der Waals surface area contributed by atoms with Gasteiger partial charge in [-0.2, -0.15) is 0 Å². The molecule has 2 N–H and O–H groups in total. The number of aryl methyl sites for hydroxylation is 1. The molecule has 6 atom stereocenters. The Hall–Kier alpha value is -3.89. The second-order valence-electron chi connectivity index (χ2n) is 13.5. The van der Waals surface area contributed by atoms with E-state index >= 15 is 0 Å². The van der Waals surface area contributed by atoms with Crippen LogP contribution in [0.1, 0.15) is 78.3 Å². The fraction of sp³-hybridized carbons (Fsp3) is 0.618. The SMILES string of the molecule is CCC1C2CN(C(=O)C(C(C)(C)C)NC(=O)OC3CCC=CC3CCCCCc3nc4ccc(OC)cc4nc3O2)C1C(=O)O. The molecule has 1 aliphatic carbocycles. The lowest BCUT2D eigenvalue weighted by atomic mass is 9.85. The molecule has 2 aliphatic heterocycles. The summed E-state index contributed by atoms with van der Waals surface area (Å²) in [5, 5.41) is 13.2. The van der Waals surface area contributed by atoms with Crippen molar-refractivity contribution in [2.24, 2.45) is 17.3 Å². The van der Waals surface area contributed by atoms with Crippen molar-refractivity contribution in [3.63, 3.8) is 0 Å². The first-order chi connectivity index (χ1) is 21.5. The number of carboxylic acids is 1. The Morgan fingerprint density at radius 1 is 1.09 bits per heavy atom. The summed E-state index contributed by atoms with van der Waals surface area (Å²) in [7, 11) is 1.59. The second kappa shape index (κ2) is 13.6. The lowest BCUT2D eigenvalue weighted by Crippen LogP contribution is -2.57. The normalized spacial score (nSPS) is 28.2. The van der Waals surface area contributed by atoms with Gasteiger partial charge >= 0.3 is 12.1 Å². The zero-order valence-electron chi connectivity index (χ0n) is 27.0. The summed E-state index contributed by atoms with van der Waals surface area (Å²) in [5.74, 6) is -1.03. The van der Waals surface area contributed by atoms with Crippen LogP contribution in [0.5, 0.6) is 11.6 Å². The number of carbonyl (C=O) groups excluding carboxylic acids is 2. The number of fused-ring (bicyclic) bond motifs is 5. The van der Waals surface area contributed by atoms with E-state index in [-0.39, 0.29) is 18.6 Å². The van der Waals surface area contributed by atoms with Crippen LogP contribution < -0.4 is 14.8 Å². The van der Waals surface area contributed by atoms with Gasteiger partial charge < -0.3 is 29.5 Å². The number of hydrogen-bond acceptors (Lipinski definition) is 8. The largest absolute Gasteiger partial charge is 0.497 e. The Labute approximate surface area is 264 Å². The van der Waals surface area contributed by atoms with E-state index < -0.39 is 47.5 Å². The number of carboxylic acid groups (broad SMARTS) is 1. The van der Waals surface area contributed by atoms with Crippen molar-refractivity contribution in [3.8, 4) is 11.6 Å². The maximum atomic E-state index is 14.2. The molecule has 0 spiro atoms. The Morgan fingerprint density at radius 2 is 1.89 bits per heavy atom. The topological polar surface area (TPSA) is 140 Å². The van der Waals surface area contributed by atoms with Gasteiger partial charge in [-0.1, -0.05) is 52.7 Å². The Bertz CT molecular complexity index is 1440. The third kappa shape index (κ3) is 7.17. The van der Waals surface area contributed by atoms with Crippen molar-refractivity contribution in [3.05, 3.63) is 36.0 Å². The van der Waals surface area contributed by atoms with Crippen molar-refractivity contribution in [2.45, 2.75) is 103 Å². The summed E-state index contributed by atoms with van der Waals surface area (Å²) in [6.45, 7) is 7.46. The third-order valence-electron chi connectivity index (χ3n) is 9.34. The number of allylic oxidation sites excluding steroid dienone is 1. The van der Waals surface area contributed by atoms with E-state index in [9.17, 15) is 19.5 Å². The lowest BCUT2D eigenvalue weighted by Gasteiger charge is -2.35. The van der Waals surface area contributed by atoms with Crippen LogP contribution >= 0.6 is 0 Å². The number of hydrogen-bond donors (Lipinski definition) is 2. The van der Waals surface area contributed by atoms with Gasteiger partial charge in [-0.3, -0.25) is 4.79 Å². The number of rotatable bonds is 3. The number of amides is 2. The van der Waals surface area contributed by atoms with Gasteiger partial charge in [0.15, 0.2) is 0 Å². The summed E-state index contributed by atoms with van der Waals surface area (Å²) in [5.41, 5.74) is 1.31. The summed E-state index contributed by atoms with van der Waals surface area (Å²) in [6, 6.07) is 3.36. The summed E-state index contributed by atoms with van der Waals surface area (Å²) >= 11 is 0. The van der Waals surface area contributed by atoms with E-state index in [1.54, 1.807) is 13.2 Å². The Balaban J connectivity index is 1.55. The smallest absolute Gasteiger partial charge is 0.408 e. The summed E-state index contributed by atoms with van der Waals surface area (Å²) in [6.07, 6.45) is 8.93. The highest BCUT2D eigenvalue weighted by Crippen LogP contribution is 2.35. The fourth-order valence-corrected chi connectivity index (χ4v) is 6.86. The van der Waals surface area contributed by atoms with Crippen LogP contribution in [0, 0.1) is 17.3 Å². The number of aromatic nitrogens is 2. The van der Waals surface area contributed by atoms with Crippen LogP contribution in [0.3, 0.4) is 0 Å². The van der Waals surface area contributed by atoms with E-state index in [2.05, 4.69) is 17.5 Å². The number of nitrogens with zero attached hydrogens (tertiary/aromatic N) is 3. The molecule has 2 bridgehead atoms. The van der Waals surface area contributed by atoms with E-state index in [1.807, 2.05) is 39.8 Å². The molecule has 1 aromatic carbocycles. The molecule has 1 saturated heterocycles. The molecule has 3 aliphatic rings.